The molecule has 0 atom stereocenters. The first-order valence-electron chi connectivity index (χ1n) is 5.10. The monoisotopic (exact) mass is 235 g/mol. The summed E-state index contributed by atoms with van der Waals surface area (Å²) < 4.78 is 25.8. The Kier molecular flexibility index (Phi) is 3.10. The zero-order chi connectivity index (χ0) is 12.4. The smallest absolute Gasteiger partial charge is 0.159 e. The lowest BCUT2D eigenvalue weighted by Crippen LogP contribution is -2.03. The molecule has 0 fully saturated rings. The fraction of sp³-hybridized carbons (Fsp3) is 0.167. The maximum absolute atomic E-state index is 13.1. The van der Waals surface area contributed by atoms with Gasteiger partial charge in [0, 0.05) is 29.6 Å². The maximum atomic E-state index is 13.1. The van der Waals surface area contributed by atoms with Gasteiger partial charge in [0.05, 0.1) is 0 Å². The van der Waals surface area contributed by atoms with Crippen LogP contribution >= 0.6 is 0 Å². The van der Waals surface area contributed by atoms with E-state index in [0.29, 0.717) is 17.9 Å². The van der Waals surface area contributed by atoms with Crippen molar-refractivity contribution in [3.8, 4) is 11.4 Å². The lowest BCUT2D eigenvalue weighted by molar-refractivity contribution is 0.509. The highest BCUT2D eigenvalue weighted by Crippen LogP contribution is 2.18. The third-order valence-corrected chi connectivity index (χ3v) is 2.48. The summed E-state index contributed by atoms with van der Waals surface area (Å²) >= 11 is 0. The van der Waals surface area contributed by atoms with E-state index in [-0.39, 0.29) is 0 Å². The fourth-order valence-electron chi connectivity index (χ4n) is 1.47. The molecular weight excluding hydrogens is 224 g/mol. The van der Waals surface area contributed by atoms with Gasteiger partial charge < -0.3 is 5.73 Å². The van der Waals surface area contributed by atoms with Crippen LogP contribution in [0.5, 0.6) is 0 Å². The van der Waals surface area contributed by atoms with Gasteiger partial charge in [-0.1, -0.05) is 0 Å². The minimum Gasteiger partial charge on any atom is -0.326 e. The molecule has 0 amide bonds. The van der Waals surface area contributed by atoms with Gasteiger partial charge in [0.15, 0.2) is 17.5 Å². The first-order chi connectivity index (χ1) is 8.11. The van der Waals surface area contributed by atoms with Crippen molar-refractivity contribution in [2.45, 2.75) is 13.5 Å². The molecule has 5 heteroatoms. The van der Waals surface area contributed by atoms with Gasteiger partial charge in [-0.25, -0.2) is 18.7 Å². The Morgan fingerprint density at radius 3 is 2.59 bits per heavy atom. The Morgan fingerprint density at radius 2 is 2.00 bits per heavy atom. The van der Waals surface area contributed by atoms with Crippen LogP contribution in [0.4, 0.5) is 8.78 Å². The summed E-state index contributed by atoms with van der Waals surface area (Å²) in [6, 6.07) is 3.57. The molecule has 1 aromatic heterocycles. The average Bonchev–Trinajstić information content (AvgIpc) is 2.32. The molecule has 1 aromatic carbocycles. The second kappa shape index (κ2) is 4.55. The highest BCUT2D eigenvalue weighted by molar-refractivity contribution is 5.55. The number of benzene rings is 1. The largest absolute Gasteiger partial charge is 0.326 e. The van der Waals surface area contributed by atoms with Gasteiger partial charge in [0.1, 0.15) is 0 Å². The molecule has 2 N–H and O–H groups in total. The number of aromatic nitrogens is 2. The van der Waals surface area contributed by atoms with E-state index in [9.17, 15) is 8.78 Å². The third-order valence-electron chi connectivity index (χ3n) is 2.48. The van der Waals surface area contributed by atoms with Crippen LogP contribution in [0, 0.1) is 18.6 Å². The Morgan fingerprint density at radius 1 is 1.24 bits per heavy atom. The minimum atomic E-state index is -0.911. The van der Waals surface area contributed by atoms with E-state index in [1.54, 1.807) is 13.1 Å². The molecule has 2 aromatic rings. The molecule has 17 heavy (non-hydrogen) atoms. The zero-order valence-electron chi connectivity index (χ0n) is 9.24. The molecular formula is C12H11F2N3. The number of nitrogens with zero attached hydrogens (tertiary/aromatic N) is 2. The van der Waals surface area contributed by atoms with Crippen molar-refractivity contribution in [3.05, 3.63) is 47.3 Å². The van der Waals surface area contributed by atoms with Crippen molar-refractivity contribution in [2.24, 2.45) is 5.73 Å². The molecule has 0 bridgehead atoms. The van der Waals surface area contributed by atoms with Crippen molar-refractivity contribution in [3.63, 3.8) is 0 Å². The molecule has 0 saturated carbocycles. The summed E-state index contributed by atoms with van der Waals surface area (Å²) in [5.41, 5.74) is 7.50. The Bertz CT molecular complexity index is 555. The van der Waals surface area contributed by atoms with Gasteiger partial charge in [-0.15, -0.1) is 0 Å². The van der Waals surface area contributed by atoms with E-state index >= 15 is 0 Å². The van der Waals surface area contributed by atoms with Crippen LogP contribution in [-0.2, 0) is 6.54 Å². The number of halogens is 2. The van der Waals surface area contributed by atoms with E-state index in [1.165, 1.54) is 6.07 Å². The van der Waals surface area contributed by atoms with Gasteiger partial charge in [-0.3, -0.25) is 0 Å². The highest BCUT2D eigenvalue weighted by atomic mass is 19.2. The molecule has 0 aliphatic carbocycles. The summed E-state index contributed by atoms with van der Waals surface area (Å²) in [6.07, 6.45) is 1.60. The Hall–Kier alpha value is -1.88. The van der Waals surface area contributed by atoms with Crippen molar-refractivity contribution in [2.75, 3.05) is 0 Å². The Balaban J connectivity index is 2.46. The summed E-state index contributed by atoms with van der Waals surface area (Å²) in [6.45, 7) is 2.15. The molecule has 0 spiro atoms. The van der Waals surface area contributed by atoms with Crippen LogP contribution in [0.1, 0.15) is 11.3 Å². The predicted molar refractivity (Wildman–Crippen MR) is 60.0 cm³/mol. The molecule has 0 saturated heterocycles. The number of rotatable bonds is 2. The molecule has 0 aliphatic heterocycles. The minimum absolute atomic E-state index is 0.351. The molecule has 1 heterocycles. The molecule has 2 rings (SSSR count). The van der Waals surface area contributed by atoms with Gasteiger partial charge >= 0.3 is 0 Å². The SMILES string of the molecule is Cc1nc(-c2ccc(F)c(F)c2)ncc1CN. The van der Waals surface area contributed by atoms with Gasteiger partial charge in [-0.2, -0.15) is 0 Å². The van der Waals surface area contributed by atoms with Crippen LogP contribution in [-0.4, -0.2) is 9.97 Å². The number of nitrogens with two attached hydrogens (primary N) is 1. The molecule has 0 unspecified atom stereocenters. The molecule has 88 valence electrons. The predicted octanol–water partition coefficient (Wildman–Crippen LogP) is 2.19. The fourth-order valence-corrected chi connectivity index (χ4v) is 1.47. The molecule has 3 nitrogen and oxygen atoms in total. The van der Waals surface area contributed by atoms with E-state index in [1.807, 2.05) is 0 Å². The van der Waals surface area contributed by atoms with Crippen LogP contribution in [0.3, 0.4) is 0 Å². The first kappa shape index (κ1) is 11.6. The van der Waals surface area contributed by atoms with E-state index < -0.39 is 11.6 Å². The highest BCUT2D eigenvalue weighted by Gasteiger charge is 2.08. The second-order valence-corrected chi connectivity index (χ2v) is 3.64. The first-order valence-corrected chi connectivity index (χ1v) is 5.10. The van der Waals surface area contributed by atoms with E-state index in [4.69, 9.17) is 5.73 Å². The maximum Gasteiger partial charge on any atom is 0.159 e. The zero-order valence-corrected chi connectivity index (χ0v) is 9.24. The van der Waals surface area contributed by atoms with Crippen LogP contribution in [0.15, 0.2) is 24.4 Å². The van der Waals surface area contributed by atoms with Gasteiger partial charge in [0.2, 0.25) is 0 Å². The normalized spacial score (nSPS) is 10.6. The molecule has 0 radical (unpaired) electrons. The number of aryl methyl sites for hydroxylation is 1. The topological polar surface area (TPSA) is 51.8 Å². The number of hydrogen-bond donors (Lipinski definition) is 1. The van der Waals surface area contributed by atoms with E-state index in [2.05, 4.69) is 9.97 Å². The van der Waals surface area contributed by atoms with Crippen LogP contribution < -0.4 is 5.73 Å². The van der Waals surface area contributed by atoms with Crippen molar-refractivity contribution >= 4 is 0 Å². The number of hydrogen-bond acceptors (Lipinski definition) is 3. The van der Waals surface area contributed by atoms with Crippen LogP contribution in [0.2, 0.25) is 0 Å². The summed E-state index contributed by atoms with van der Waals surface area (Å²) in [5, 5.41) is 0. The standard InChI is InChI=1S/C12H11F2N3/c1-7-9(5-15)6-16-12(17-7)8-2-3-10(13)11(14)4-8/h2-4,6H,5,15H2,1H3. The lowest BCUT2D eigenvalue weighted by Gasteiger charge is -2.05. The molecule has 0 aliphatic rings. The van der Waals surface area contributed by atoms with Crippen molar-refractivity contribution < 1.29 is 8.78 Å². The van der Waals surface area contributed by atoms with Crippen molar-refractivity contribution in [1.29, 1.82) is 0 Å². The van der Waals surface area contributed by atoms with Crippen LogP contribution in [0.25, 0.3) is 11.4 Å². The third kappa shape index (κ3) is 2.29. The quantitative estimate of drug-likeness (QED) is 0.868. The summed E-state index contributed by atoms with van der Waals surface area (Å²) in [5.74, 6) is -1.44. The van der Waals surface area contributed by atoms with Gasteiger partial charge in [0.25, 0.3) is 0 Å². The average molecular weight is 235 g/mol. The van der Waals surface area contributed by atoms with Gasteiger partial charge in [-0.05, 0) is 25.1 Å². The van der Waals surface area contributed by atoms with E-state index in [0.717, 1.165) is 23.4 Å². The van der Waals surface area contributed by atoms with Crippen molar-refractivity contribution in [1.82, 2.24) is 9.97 Å². The summed E-state index contributed by atoms with van der Waals surface area (Å²) in [4.78, 5) is 8.28. The Labute approximate surface area is 97.3 Å². The second-order valence-electron chi connectivity index (χ2n) is 3.64. The lowest BCUT2D eigenvalue weighted by atomic mass is 10.2. The summed E-state index contributed by atoms with van der Waals surface area (Å²) in [7, 11) is 0.